The van der Waals surface area contributed by atoms with Gasteiger partial charge in [0.15, 0.2) is 0 Å². The Hall–Kier alpha value is -1.43. The molecule has 2 heterocycles. The van der Waals surface area contributed by atoms with E-state index >= 15 is 0 Å². The van der Waals surface area contributed by atoms with E-state index in [0.29, 0.717) is 6.42 Å². The van der Waals surface area contributed by atoms with Crippen LogP contribution in [0.25, 0.3) is 0 Å². The van der Waals surface area contributed by atoms with Crippen LogP contribution in [0.5, 0.6) is 0 Å². The molecule has 1 aliphatic rings. The SMILES string of the molecule is CCCn1nncc1C1CCC(C(=O)O)N1. The zero-order valence-corrected chi connectivity index (χ0v) is 9.26. The molecule has 88 valence electrons. The van der Waals surface area contributed by atoms with Crippen LogP contribution in [0, 0.1) is 0 Å². The van der Waals surface area contributed by atoms with Gasteiger partial charge in [0.1, 0.15) is 6.04 Å². The van der Waals surface area contributed by atoms with Crippen LogP contribution in [0.4, 0.5) is 0 Å². The molecule has 6 heteroatoms. The highest BCUT2D eigenvalue weighted by molar-refractivity contribution is 5.73. The van der Waals surface area contributed by atoms with E-state index in [2.05, 4.69) is 22.6 Å². The highest BCUT2D eigenvalue weighted by Crippen LogP contribution is 2.25. The summed E-state index contributed by atoms with van der Waals surface area (Å²) in [6.45, 7) is 2.90. The van der Waals surface area contributed by atoms with Gasteiger partial charge < -0.3 is 5.11 Å². The number of rotatable bonds is 4. The number of aliphatic carboxylic acids is 1. The number of carbonyl (C=O) groups is 1. The molecule has 1 aromatic rings. The average Bonchev–Trinajstić information content (AvgIpc) is 2.84. The van der Waals surface area contributed by atoms with Crippen molar-refractivity contribution in [2.45, 2.75) is 44.8 Å². The summed E-state index contributed by atoms with van der Waals surface area (Å²) in [6, 6.07) is -0.363. The predicted molar refractivity (Wildman–Crippen MR) is 56.8 cm³/mol. The largest absolute Gasteiger partial charge is 0.480 e. The average molecular weight is 224 g/mol. The summed E-state index contributed by atoms with van der Waals surface area (Å²) in [6.07, 6.45) is 4.20. The third-order valence-corrected chi connectivity index (χ3v) is 2.88. The third kappa shape index (κ3) is 2.06. The van der Waals surface area contributed by atoms with Crippen LogP contribution in [0.1, 0.15) is 37.9 Å². The van der Waals surface area contributed by atoms with E-state index in [-0.39, 0.29) is 6.04 Å². The smallest absolute Gasteiger partial charge is 0.320 e. The third-order valence-electron chi connectivity index (χ3n) is 2.88. The predicted octanol–water partition coefficient (Wildman–Crippen LogP) is 0.566. The lowest BCUT2D eigenvalue weighted by Gasteiger charge is -2.12. The Labute approximate surface area is 93.6 Å². The molecule has 2 N–H and O–H groups in total. The summed E-state index contributed by atoms with van der Waals surface area (Å²) in [5.41, 5.74) is 0.991. The minimum atomic E-state index is -0.781. The van der Waals surface area contributed by atoms with Gasteiger partial charge in [-0.25, -0.2) is 4.68 Å². The lowest BCUT2D eigenvalue weighted by Crippen LogP contribution is -2.32. The summed E-state index contributed by atoms with van der Waals surface area (Å²) in [5, 5.41) is 19.9. The van der Waals surface area contributed by atoms with Gasteiger partial charge in [-0.3, -0.25) is 10.1 Å². The number of hydrogen-bond donors (Lipinski definition) is 2. The maximum absolute atomic E-state index is 10.8. The highest BCUT2D eigenvalue weighted by Gasteiger charge is 2.31. The van der Waals surface area contributed by atoms with Gasteiger partial charge in [0.2, 0.25) is 0 Å². The van der Waals surface area contributed by atoms with Crippen LogP contribution in [0.2, 0.25) is 0 Å². The molecule has 0 spiro atoms. The summed E-state index contributed by atoms with van der Waals surface area (Å²) in [5.74, 6) is -0.781. The van der Waals surface area contributed by atoms with Crippen molar-refractivity contribution >= 4 is 5.97 Å². The number of nitrogens with zero attached hydrogens (tertiary/aromatic N) is 3. The second-order valence-electron chi connectivity index (χ2n) is 4.07. The van der Waals surface area contributed by atoms with E-state index in [1.165, 1.54) is 0 Å². The Bertz CT molecular complexity index is 377. The molecule has 2 atom stereocenters. The van der Waals surface area contributed by atoms with Gasteiger partial charge in [-0.15, -0.1) is 5.10 Å². The second-order valence-corrected chi connectivity index (χ2v) is 4.07. The van der Waals surface area contributed by atoms with Crippen LogP contribution in [0.3, 0.4) is 0 Å². The van der Waals surface area contributed by atoms with Crippen molar-refractivity contribution in [3.05, 3.63) is 11.9 Å². The molecule has 0 saturated carbocycles. The fraction of sp³-hybridized carbons (Fsp3) is 0.700. The Kier molecular flexibility index (Phi) is 3.19. The lowest BCUT2D eigenvalue weighted by molar-refractivity contribution is -0.139. The van der Waals surface area contributed by atoms with E-state index in [1.807, 2.05) is 4.68 Å². The van der Waals surface area contributed by atoms with E-state index in [0.717, 1.165) is 25.1 Å². The first-order valence-electron chi connectivity index (χ1n) is 5.59. The topological polar surface area (TPSA) is 80.0 Å². The van der Waals surface area contributed by atoms with Gasteiger partial charge in [0.25, 0.3) is 0 Å². The summed E-state index contributed by atoms with van der Waals surface area (Å²) in [7, 11) is 0. The van der Waals surface area contributed by atoms with Crippen molar-refractivity contribution in [2.75, 3.05) is 0 Å². The van der Waals surface area contributed by atoms with Crippen molar-refractivity contribution in [1.82, 2.24) is 20.3 Å². The Morgan fingerprint density at radius 1 is 1.69 bits per heavy atom. The van der Waals surface area contributed by atoms with Crippen LogP contribution >= 0.6 is 0 Å². The van der Waals surface area contributed by atoms with E-state index < -0.39 is 12.0 Å². The van der Waals surface area contributed by atoms with Crippen molar-refractivity contribution in [2.24, 2.45) is 0 Å². The quantitative estimate of drug-likeness (QED) is 0.781. The first-order chi connectivity index (χ1) is 7.72. The standard InChI is InChI=1S/C10H16N4O2/c1-2-5-14-9(6-11-13-14)7-3-4-8(12-7)10(15)16/h6-8,12H,2-5H2,1H3,(H,15,16). The maximum atomic E-state index is 10.8. The number of carboxylic acids is 1. The number of aryl methyl sites for hydroxylation is 1. The van der Waals surface area contributed by atoms with Crippen LogP contribution in [0.15, 0.2) is 6.20 Å². The van der Waals surface area contributed by atoms with Gasteiger partial charge in [-0.1, -0.05) is 12.1 Å². The first kappa shape index (κ1) is 11.1. The summed E-state index contributed by atoms with van der Waals surface area (Å²) >= 11 is 0. The summed E-state index contributed by atoms with van der Waals surface area (Å²) in [4.78, 5) is 10.8. The van der Waals surface area contributed by atoms with Crippen LogP contribution < -0.4 is 5.32 Å². The molecule has 16 heavy (non-hydrogen) atoms. The molecule has 2 rings (SSSR count). The molecule has 0 aromatic carbocycles. The maximum Gasteiger partial charge on any atom is 0.320 e. The molecule has 0 radical (unpaired) electrons. The minimum Gasteiger partial charge on any atom is -0.480 e. The number of hydrogen-bond acceptors (Lipinski definition) is 4. The minimum absolute atomic E-state index is 0.0719. The van der Waals surface area contributed by atoms with Gasteiger partial charge in [-0.2, -0.15) is 0 Å². The molecule has 1 aliphatic heterocycles. The van der Waals surface area contributed by atoms with Crippen molar-refractivity contribution in [3.63, 3.8) is 0 Å². The van der Waals surface area contributed by atoms with Crippen molar-refractivity contribution < 1.29 is 9.90 Å². The van der Waals surface area contributed by atoms with Gasteiger partial charge in [0.05, 0.1) is 17.9 Å². The number of aromatic nitrogens is 3. The first-order valence-corrected chi connectivity index (χ1v) is 5.59. The van der Waals surface area contributed by atoms with Crippen LogP contribution in [-0.4, -0.2) is 32.1 Å². The van der Waals surface area contributed by atoms with Gasteiger partial charge >= 0.3 is 5.97 Å². The normalized spacial score (nSPS) is 24.8. The number of nitrogens with one attached hydrogen (secondary N) is 1. The van der Waals surface area contributed by atoms with Gasteiger partial charge in [0, 0.05) is 6.54 Å². The van der Waals surface area contributed by atoms with Crippen LogP contribution in [-0.2, 0) is 11.3 Å². The van der Waals surface area contributed by atoms with Gasteiger partial charge in [-0.05, 0) is 19.3 Å². The molecular weight excluding hydrogens is 208 g/mol. The Morgan fingerprint density at radius 3 is 3.12 bits per heavy atom. The molecular formula is C10H16N4O2. The van der Waals surface area contributed by atoms with Crippen molar-refractivity contribution in [3.8, 4) is 0 Å². The highest BCUT2D eigenvalue weighted by atomic mass is 16.4. The second kappa shape index (κ2) is 4.61. The number of carboxylic acid groups (broad SMARTS) is 1. The van der Waals surface area contributed by atoms with E-state index in [1.54, 1.807) is 6.20 Å². The molecule has 6 nitrogen and oxygen atoms in total. The molecule has 0 bridgehead atoms. The fourth-order valence-corrected chi connectivity index (χ4v) is 2.09. The lowest BCUT2D eigenvalue weighted by atomic mass is 10.1. The van der Waals surface area contributed by atoms with Crippen molar-refractivity contribution in [1.29, 1.82) is 0 Å². The Balaban J connectivity index is 2.08. The van der Waals surface area contributed by atoms with E-state index in [4.69, 9.17) is 5.11 Å². The molecule has 1 aromatic heterocycles. The monoisotopic (exact) mass is 224 g/mol. The molecule has 1 fully saturated rings. The fourth-order valence-electron chi connectivity index (χ4n) is 2.09. The summed E-state index contributed by atoms with van der Waals surface area (Å²) < 4.78 is 1.85. The van der Waals surface area contributed by atoms with E-state index in [9.17, 15) is 4.79 Å². The zero-order chi connectivity index (χ0) is 11.5. The Morgan fingerprint density at radius 2 is 2.50 bits per heavy atom. The molecule has 2 unspecified atom stereocenters. The zero-order valence-electron chi connectivity index (χ0n) is 9.26. The molecule has 1 saturated heterocycles. The molecule has 0 aliphatic carbocycles. The molecule has 0 amide bonds.